The molecule has 2 aliphatic heterocycles. The fourth-order valence-corrected chi connectivity index (χ4v) is 12.3. The first-order chi connectivity index (χ1) is 34.6. The first-order valence-corrected chi connectivity index (χ1v) is 29.1. The molecule has 0 aromatic heterocycles. The molecule has 0 bridgehead atoms. The van der Waals surface area contributed by atoms with Crippen molar-refractivity contribution in [1.82, 2.24) is 9.80 Å². The molecule has 2 fully saturated rings. The summed E-state index contributed by atoms with van der Waals surface area (Å²) in [5.41, 5.74) is 2.72. The number of hydrogen-bond acceptors (Lipinski definition) is 12. The molecule has 2 aliphatic rings. The number of amides is 2. The molecular formula is C54H66Cl4N2O12S2. The number of carbonyl (C=O) groups is 4. The van der Waals surface area contributed by atoms with Gasteiger partial charge in [0.2, 0.25) is 0 Å². The van der Waals surface area contributed by atoms with Gasteiger partial charge in [-0.15, -0.1) is 0 Å². The van der Waals surface area contributed by atoms with E-state index in [1.54, 1.807) is 136 Å². The van der Waals surface area contributed by atoms with E-state index in [-0.39, 0.29) is 24.3 Å². The summed E-state index contributed by atoms with van der Waals surface area (Å²) >= 11 is 24.9. The molecule has 4 aromatic carbocycles. The average molecular weight is 1140 g/mol. The van der Waals surface area contributed by atoms with Crippen LogP contribution in [0.25, 0.3) is 0 Å². The summed E-state index contributed by atoms with van der Waals surface area (Å²) in [4.78, 5) is 55.3. The van der Waals surface area contributed by atoms with Crippen LogP contribution in [0.5, 0.6) is 0 Å². The molecule has 2 heterocycles. The lowest BCUT2D eigenvalue weighted by atomic mass is 9.89. The lowest BCUT2D eigenvalue weighted by Gasteiger charge is -2.48. The van der Waals surface area contributed by atoms with Crippen molar-refractivity contribution in [2.24, 2.45) is 0 Å². The Bertz CT molecular complexity index is 2650. The summed E-state index contributed by atoms with van der Waals surface area (Å²) in [7, 11) is -7.22. The van der Waals surface area contributed by atoms with Crippen molar-refractivity contribution in [3.63, 3.8) is 0 Å². The topological polar surface area (TPSA) is 202 Å². The van der Waals surface area contributed by atoms with Gasteiger partial charge in [-0.3, -0.25) is 19.2 Å². The Labute approximate surface area is 455 Å². The van der Waals surface area contributed by atoms with E-state index in [1.165, 1.54) is 0 Å². The SMILES string of the molecule is CC[C@@H](CS(=O)(=O)C(C)(C)C)N1C(=O)[C@@H](CC(=O)CO)O[C@H](c2cccc(Cl)c2)[C@H]1c1ccc(Cl)cc1.CC[C@@H](CS(=O)(=O)C(C)(C)C)N1C(=O)[C@H](CC(=O)CO)O[C@H](c2cccc(Cl)c2)[C@H]1c1ccc(Cl)cc1. The van der Waals surface area contributed by atoms with E-state index in [4.69, 9.17) is 55.9 Å². The van der Waals surface area contributed by atoms with Crippen molar-refractivity contribution in [3.8, 4) is 0 Å². The van der Waals surface area contributed by atoms with Gasteiger partial charge < -0.3 is 29.5 Å². The van der Waals surface area contributed by atoms with Gasteiger partial charge in [-0.1, -0.05) is 109 Å². The molecule has 8 atom stereocenters. The number of benzene rings is 4. The maximum atomic E-state index is 13.9. The molecule has 14 nitrogen and oxygen atoms in total. The van der Waals surface area contributed by atoms with Crippen molar-refractivity contribution in [1.29, 1.82) is 0 Å². The number of aliphatic hydroxyl groups excluding tert-OH is 2. The Hall–Kier alpha value is -3.94. The van der Waals surface area contributed by atoms with Crippen molar-refractivity contribution in [2.75, 3.05) is 24.7 Å². The Balaban J connectivity index is 0.000000274. The van der Waals surface area contributed by atoms with Gasteiger partial charge in [0.1, 0.15) is 37.6 Å². The van der Waals surface area contributed by atoms with Crippen LogP contribution in [0.1, 0.15) is 128 Å². The summed E-state index contributed by atoms with van der Waals surface area (Å²) in [5.74, 6) is -2.63. The summed E-state index contributed by atoms with van der Waals surface area (Å²) in [6.07, 6.45) is -3.88. The molecule has 2 amide bonds. The van der Waals surface area contributed by atoms with E-state index in [2.05, 4.69) is 0 Å². The van der Waals surface area contributed by atoms with Gasteiger partial charge in [-0.05, 0) is 125 Å². The highest BCUT2D eigenvalue weighted by molar-refractivity contribution is 7.93. The molecule has 0 spiro atoms. The number of halogens is 4. The Morgan fingerprint density at radius 2 is 0.865 bits per heavy atom. The number of ketones is 2. The molecule has 74 heavy (non-hydrogen) atoms. The van der Waals surface area contributed by atoms with Crippen LogP contribution in [0, 0.1) is 0 Å². The minimum atomic E-state index is -3.61. The lowest BCUT2D eigenvalue weighted by molar-refractivity contribution is -0.180. The third kappa shape index (κ3) is 14.7. The summed E-state index contributed by atoms with van der Waals surface area (Å²) in [5, 5.41) is 20.6. The molecule has 2 N–H and O–H groups in total. The standard InChI is InChI=1S/2C27H33Cl2NO6S/c2*1-5-21(16-37(34,35)27(2,3)4)30-24(17-9-11-19(28)12-10-17)25(18-7-6-8-20(29)13-18)36-23(26(30)33)14-22(32)15-31/h2*6-13,21,23-25,31H,5,14-16H2,1-4H3/t21-,23+,24+,25+;21-,23-,24+,25+/m00/s1. The maximum absolute atomic E-state index is 13.9. The summed E-state index contributed by atoms with van der Waals surface area (Å²) < 4.78 is 63.6. The minimum Gasteiger partial charge on any atom is -0.389 e. The van der Waals surface area contributed by atoms with E-state index in [9.17, 15) is 46.2 Å². The molecular weight excluding hydrogens is 1070 g/mol. The number of Topliss-reactive ketones (excluding diaryl/α,β-unsaturated/α-hetero) is 2. The molecule has 4 aromatic rings. The van der Waals surface area contributed by atoms with Gasteiger partial charge in [0, 0.05) is 45.0 Å². The highest BCUT2D eigenvalue weighted by atomic mass is 35.5. The number of ether oxygens (including phenoxy) is 2. The summed E-state index contributed by atoms with van der Waals surface area (Å²) in [6, 6.07) is 25.1. The smallest absolute Gasteiger partial charge is 0.253 e. The van der Waals surface area contributed by atoms with Gasteiger partial charge in [0.05, 0.1) is 33.1 Å². The van der Waals surface area contributed by atoms with E-state index in [0.717, 1.165) is 0 Å². The highest BCUT2D eigenvalue weighted by Gasteiger charge is 2.50. The highest BCUT2D eigenvalue weighted by Crippen LogP contribution is 2.47. The quantitative estimate of drug-likeness (QED) is 0.0957. The Morgan fingerprint density at radius 1 is 0.541 bits per heavy atom. The molecule has 0 unspecified atom stereocenters. The van der Waals surface area contributed by atoms with E-state index < -0.39 is 114 Å². The van der Waals surface area contributed by atoms with Gasteiger partial charge in [0.15, 0.2) is 31.2 Å². The fraction of sp³-hybridized carbons (Fsp3) is 0.481. The molecule has 2 saturated heterocycles. The first kappa shape index (κ1) is 60.9. The van der Waals surface area contributed by atoms with Crippen LogP contribution in [-0.2, 0) is 48.3 Å². The van der Waals surface area contributed by atoms with Crippen LogP contribution < -0.4 is 0 Å². The largest absolute Gasteiger partial charge is 0.389 e. The predicted molar refractivity (Wildman–Crippen MR) is 289 cm³/mol. The molecule has 404 valence electrons. The zero-order chi connectivity index (χ0) is 55.1. The second kappa shape index (κ2) is 25.5. The van der Waals surface area contributed by atoms with Crippen LogP contribution in [0.15, 0.2) is 97.1 Å². The fourth-order valence-electron chi connectivity index (χ4n) is 8.82. The minimum absolute atomic E-state index is 0.258. The maximum Gasteiger partial charge on any atom is 0.253 e. The van der Waals surface area contributed by atoms with Crippen molar-refractivity contribution in [2.45, 2.75) is 139 Å². The van der Waals surface area contributed by atoms with Gasteiger partial charge in [-0.2, -0.15) is 0 Å². The lowest BCUT2D eigenvalue weighted by Crippen LogP contribution is -2.57. The number of sulfone groups is 2. The molecule has 0 radical (unpaired) electrons. The third-order valence-corrected chi connectivity index (χ3v) is 19.6. The second-order valence-electron chi connectivity index (χ2n) is 20.4. The van der Waals surface area contributed by atoms with Crippen molar-refractivity contribution < 1.29 is 55.7 Å². The van der Waals surface area contributed by atoms with Gasteiger partial charge in [0.25, 0.3) is 11.8 Å². The summed E-state index contributed by atoms with van der Waals surface area (Å²) in [6.45, 7) is 12.0. The van der Waals surface area contributed by atoms with Gasteiger partial charge in [-0.25, -0.2) is 16.8 Å². The van der Waals surface area contributed by atoms with Crippen LogP contribution in [0.2, 0.25) is 20.1 Å². The number of nitrogens with zero attached hydrogens (tertiary/aromatic N) is 2. The van der Waals surface area contributed by atoms with Gasteiger partial charge >= 0.3 is 0 Å². The molecule has 0 aliphatic carbocycles. The predicted octanol–water partition coefficient (Wildman–Crippen LogP) is 9.89. The second-order valence-corrected chi connectivity index (χ2v) is 27.7. The van der Waals surface area contributed by atoms with Crippen LogP contribution in [0.3, 0.4) is 0 Å². The molecule has 20 heteroatoms. The zero-order valence-corrected chi connectivity index (χ0v) is 47.4. The van der Waals surface area contributed by atoms with Crippen LogP contribution in [-0.4, -0.2) is 119 Å². The van der Waals surface area contributed by atoms with E-state index >= 15 is 0 Å². The zero-order valence-electron chi connectivity index (χ0n) is 42.7. The number of aliphatic hydroxyl groups is 2. The number of hydrogen-bond donors (Lipinski definition) is 2. The van der Waals surface area contributed by atoms with Crippen molar-refractivity contribution >= 4 is 89.5 Å². The monoisotopic (exact) mass is 1140 g/mol. The number of rotatable bonds is 18. The third-order valence-electron chi connectivity index (χ3n) is 13.2. The Kier molecular flexibility index (Phi) is 21.0. The first-order valence-electron chi connectivity index (χ1n) is 24.2. The molecule has 6 rings (SSSR count). The molecule has 0 saturated carbocycles. The van der Waals surface area contributed by atoms with Crippen LogP contribution >= 0.6 is 46.4 Å². The number of morpholine rings is 2. The van der Waals surface area contributed by atoms with E-state index in [1.807, 2.05) is 26.0 Å². The van der Waals surface area contributed by atoms with E-state index in [0.29, 0.717) is 55.2 Å². The number of carbonyl (C=O) groups excluding carboxylic acids is 4. The Morgan fingerprint density at radius 3 is 1.14 bits per heavy atom. The normalized spacial score (nSPS) is 21.6. The van der Waals surface area contributed by atoms with Crippen LogP contribution in [0.4, 0.5) is 0 Å². The van der Waals surface area contributed by atoms with Crippen molar-refractivity contribution in [3.05, 3.63) is 139 Å². The average Bonchev–Trinajstić information content (AvgIpc) is 3.33.